The zero-order chi connectivity index (χ0) is 12.0. The van der Waals surface area contributed by atoms with Gasteiger partial charge in [-0.3, -0.25) is 0 Å². The van der Waals surface area contributed by atoms with Crippen LogP contribution in [0.2, 0.25) is 13.6 Å². The topological polar surface area (TPSA) is 0 Å². The van der Waals surface area contributed by atoms with Crippen LogP contribution in [0, 0.1) is 6.92 Å². The highest BCUT2D eigenvalue weighted by molar-refractivity contribution is 7.01. The SMILES string of the molecule is CB1c2ccccc2B(C)c2cc(C)ccc21. The summed E-state index contributed by atoms with van der Waals surface area (Å²) in [5.41, 5.74) is 7.37. The van der Waals surface area contributed by atoms with Gasteiger partial charge < -0.3 is 0 Å². The first-order valence-electron chi connectivity index (χ1n) is 6.37. The van der Waals surface area contributed by atoms with Crippen LogP contribution in [0.15, 0.2) is 42.5 Å². The molecular weight excluding hydrogens is 202 g/mol. The van der Waals surface area contributed by atoms with E-state index in [2.05, 4.69) is 63.0 Å². The highest BCUT2D eigenvalue weighted by Gasteiger charge is 2.30. The van der Waals surface area contributed by atoms with Gasteiger partial charge in [0.15, 0.2) is 0 Å². The second-order valence-electron chi connectivity index (χ2n) is 5.20. The predicted molar refractivity (Wildman–Crippen MR) is 79.4 cm³/mol. The van der Waals surface area contributed by atoms with Gasteiger partial charge in [-0.2, -0.15) is 0 Å². The maximum Gasteiger partial charge on any atom is 0.204 e. The van der Waals surface area contributed by atoms with Crippen molar-refractivity contribution in [2.75, 3.05) is 0 Å². The minimum atomic E-state index is 0.525. The molecular formula is C15H16B2. The Morgan fingerprint density at radius 2 is 1.24 bits per heavy atom. The number of hydrogen-bond donors (Lipinski definition) is 0. The van der Waals surface area contributed by atoms with E-state index in [1.54, 1.807) is 0 Å². The van der Waals surface area contributed by atoms with E-state index >= 15 is 0 Å². The molecule has 0 atom stereocenters. The second kappa shape index (κ2) is 3.80. The zero-order valence-corrected chi connectivity index (χ0v) is 10.7. The number of rotatable bonds is 0. The van der Waals surface area contributed by atoms with Gasteiger partial charge in [0.25, 0.3) is 0 Å². The molecule has 2 aromatic rings. The van der Waals surface area contributed by atoms with E-state index < -0.39 is 0 Å². The van der Waals surface area contributed by atoms with Crippen LogP contribution >= 0.6 is 0 Å². The van der Waals surface area contributed by atoms with Crippen LogP contribution in [-0.2, 0) is 0 Å². The molecule has 2 heteroatoms. The van der Waals surface area contributed by atoms with E-state index in [-0.39, 0.29) is 0 Å². The first kappa shape index (κ1) is 10.7. The molecule has 1 aliphatic heterocycles. The molecule has 0 N–H and O–H groups in total. The third-order valence-electron chi connectivity index (χ3n) is 4.10. The Bertz CT molecular complexity index is 575. The Morgan fingerprint density at radius 3 is 1.88 bits per heavy atom. The largest absolute Gasteiger partial charge is 0.204 e. The molecule has 17 heavy (non-hydrogen) atoms. The summed E-state index contributed by atoms with van der Waals surface area (Å²) in [7, 11) is 0. The lowest BCUT2D eigenvalue weighted by molar-refractivity contribution is 1.50. The third-order valence-corrected chi connectivity index (χ3v) is 4.10. The van der Waals surface area contributed by atoms with E-state index in [0.717, 1.165) is 0 Å². The standard InChI is InChI=1S/C15H16B2/c1-11-8-9-14-15(10-11)17(3)13-7-5-4-6-12(13)16(14)2/h4-10H,1-3H3. The average Bonchev–Trinajstić information content (AvgIpc) is 2.36. The molecule has 0 aromatic heterocycles. The van der Waals surface area contributed by atoms with Crippen molar-refractivity contribution in [3.8, 4) is 0 Å². The van der Waals surface area contributed by atoms with Crippen molar-refractivity contribution in [1.82, 2.24) is 0 Å². The first-order valence-corrected chi connectivity index (χ1v) is 6.37. The van der Waals surface area contributed by atoms with Crippen molar-refractivity contribution in [3.05, 3.63) is 48.0 Å². The molecule has 0 nitrogen and oxygen atoms in total. The zero-order valence-electron chi connectivity index (χ0n) is 10.7. The van der Waals surface area contributed by atoms with Gasteiger partial charge in [0.1, 0.15) is 0 Å². The van der Waals surface area contributed by atoms with Crippen molar-refractivity contribution >= 4 is 35.3 Å². The van der Waals surface area contributed by atoms with Crippen LogP contribution < -0.4 is 21.9 Å². The minimum absolute atomic E-state index is 0.525. The minimum Gasteiger partial charge on any atom is -0.0794 e. The van der Waals surface area contributed by atoms with E-state index in [0.29, 0.717) is 13.4 Å². The molecule has 0 saturated heterocycles. The lowest BCUT2D eigenvalue weighted by atomic mass is 9.25. The molecule has 82 valence electrons. The second-order valence-corrected chi connectivity index (χ2v) is 5.20. The van der Waals surface area contributed by atoms with Crippen LogP contribution in [0.1, 0.15) is 5.56 Å². The molecule has 2 aromatic carbocycles. The fraction of sp³-hybridized carbons (Fsp3) is 0.200. The molecule has 0 saturated carbocycles. The Hall–Kier alpha value is -1.43. The summed E-state index contributed by atoms with van der Waals surface area (Å²) in [6.45, 7) is 7.87. The van der Waals surface area contributed by atoms with Gasteiger partial charge in [-0.1, -0.05) is 83.5 Å². The van der Waals surface area contributed by atoms with E-state index in [1.165, 1.54) is 27.4 Å². The van der Waals surface area contributed by atoms with Gasteiger partial charge in [-0.15, -0.1) is 0 Å². The van der Waals surface area contributed by atoms with Gasteiger partial charge in [-0.05, 0) is 6.92 Å². The highest BCUT2D eigenvalue weighted by atomic mass is 14.1. The maximum absolute atomic E-state index is 2.35. The average molecular weight is 218 g/mol. The van der Waals surface area contributed by atoms with Gasteiger partial charge >= 0.3 is 0 Å². The van der Waals surface area contributed by atoms with Gasteiger partial charge in [0, 0.05) is 0 Å². The quantitative estimate of drug-likeness (QED) is 0.573. The van der Waals surface area contributed by atoms with Crippen molar-refractivity contribution < 1.29 is 0 Å². The molecule has 0 aliphatic carbocycles. The lowest BCUT2D eigenvalue weighted by Crippen LogP contribution is -2.66. The van der Waals surface area contributed by atoms with Gasteiger partial charge in [0.2, 0.25) is 13.4 Å². The smallest absolute Gasteiger partial charge is 0.0794 e. The summed E-state index contributed by atoms with van der Waals surface area (Å²) < 4.78 is 0. The molecule has 0 unspecified atom stereocenters. The van der Waals surface area contributed by atoms with Crippen LogP contribution in [0.3, 0.4) is 0 Å². The fourth-order valence-corrected chi connectivity index (χ4v) is 3.10. The van der Waals surface area contributed by atoms with Crippen molar-refractivity contribution in [2.24, 2.45) is 0 Å². The van der Waals surface area contributed by atoms with Crippen LogP contribution in [-0.4, -0.2) is 13.4 Å². The van der Waals surface area contributed by atoms with Gasteiger partial charge in [-0.25, -0.2) is 0 Å². The number of aryl methyl sites for hydroxylation is 1. The molecule has 1 aliphatic rings. The fourth-order valence-electron chi connectivity index (χ4n) is 3.10. The summed E-state index contributed by atoms with van der Waals surface area (Å²) in [5.74, 6) is 0. The van der Waals surface area contributed by atoms with Gasteiger partial charge in [0.05, 0.1) is 0 Å². The summed E-state index contributed by atoms with van der Waals surface area (Å²) in [6, 6.07) is 15.8. The Kier molecular flexibility index (Phi) is 2.39. The molecule has 0 fully saturated rings. The molecule has 0 amide bonds. The summed E-state index contributed by atoms with van der Waals surface area (Å²) in [5, 5.41) is 0. The van der Waals surface area contributed by atoms with Crippen LogP contribution in [0.4, 0.5) is 0 Å². The highest BCUT2D eigenvalue weighted by Crippen LogP contribution is 2.01. The third kappa shape index (κ3) is 1.55. The monoisotopic (exact) mass is 218 g/mol. The Morgan fingerprint density at radius 1 is 0.706 bits per heavy atom. The molecule has 0 spiro atoms. The van der Waals surface area contributed by atoms with Crippen LogP contribution in [0.5, 0.6) is 0 Å². The lowest BCUT2D eigenvalue weighted by Gasteiger charge is -2.28. The summed E-state index contributed by atoms with van der Waals surface area (Å²) >= 11 is 0. The van der Waals surface area contributed by atoms with E-state index in [9.17, 15) is 0 Å². The molecule has 1 heterocycles. The van der Waals surface area contributed by atoms with E-state index in [4.69, 9.17) is 0 Å². The Labute approximate surface area is 104 Å². The maximum atomic E-state index is 2.35. The molecule has 3 rings (SSSR count). The normalized spacial score (nSPS) is 13.4. The first-order chi connectivity index (χ1) is 8.18. The van der Waals surface area contributed by atoms with Crippen LogP contribution in [0.25, 0.3) is 0 Å². The summed E-state index contributed by atoms with van der Waals surface area (Å²) in [4.78, 5) is 0. The number of fused-ring (bicyclic) bond motifs is 2. The van der Waals surface area contributed by atoms with E-state index in [1.807, 2.05) is 0 Å². The summed E-state index contributed by atoms with van der Waals surface area (Å²) in [6.07, 6.45) is 0. The van der Waals surface area contributed by atoms with Crippen molar-refractivity contribution in [3.63, 3.8) is 0 Å². The molecule has 0 bridgehead atoms. The Balaban J connectivity index is 2.25. The van der Waals surface area contributed by atoms with Crippen molar-refractivity contribution in [2.45, 2.75) is 20.6 Å². The van der Waals surface area contributed by atoms with Crippen molar-refractivity contribution in [1.29, 1.82) is 0 Å². The number of hydrogen-bond acceptors (Lipinski definition) is 0. The molecule has 0 radical (unpaired) electrons. The predicted octanol–water partition coefficient (Wildman–Crippen LogP) is 0.786. The number of benzene rings is 2.